The number of nitrogens with zero attached hydrogens (tertiary/aromatic N) is 2. The van der Waals surface area contributed by atoms with Crippen LogP contribution in [0.1, 0.15) is 31.3 Å². The summed E-state index contributed by atoms with van der Waals surface area (Å²) in [4.78, 5) is 8.81. The molecule has 1 unspecified atom stereocenters. The van der Waals surface area contributed by atoms with E-state index in [2.05, 4.69) is 22.3 Å². The number of nitrogen functional groups attached to an aromatic ring is 1. The lowest BCUT2D eigenvalue weighted by atomic mass is 10.1. The van der Waals surface area contributed by atoms with Crippen molar-refractivity contribution in [2.75, 3.05) is 12.0 Å². The Labute approximate surface area is 95.4 Å². The highest BCUT2D eigenvalue weighted by Gasteiger charge is 2.17. The Bertz CT molecular complexity index is 328. The summed E-state index contributed by atoms with van der Waals surface area (Å²) >= 11 is 0. The lowest BCUT2D eigenvalue weighted by molar-refractivity contribution is 0.110. The van der Waals surface area contributed by atoms with Crippen LogP contribution in [-0.2, 0) is 17.6 Å². The normalized spacial score (nSPS) is 20.0. The zero-order chi connectivity index (χ0) is 11.4. The molecule has 1 aromatic heterocycles. The van der Waals surface area contributed by atoms with Crippen molar-refractivity contribution in [2.24, 2.45) is 5.84 Å². The summed E-state index contributed by atoms with van der Waals surface area (Å²) in [7, 11) is 0. The van der Waals surface area contributed by atoms with Gasteiger partial charge in [0.2, 0.25) is 0 Å². The van der Waals surface area contributed by atoms with Gasteiger partial charge in [-0.25, -0.2) is 15.8 Å². The van der Waals surface area contributed by atoms with E-state index in [1.54, 1.807) is 0 Å². The molecule has 0 saturated carbocycles. The predicted molar refractivity (Wildman–Crippen MR) is 61.9 cm³/mol. The molecule has 5 nitrogen and oxygen atoms in total. The van der Waals surface area contributed by atoms with Crippen LogP contribution in [0.5, 0.6) is 0 Å². The average molecular weight is 222 g/mol. The fourth-order valence-electron chi connectivity index (χ4n) is 1.91. The fraction of sp³-hybridized carbons (Fsp3) is 0.636. The Morgan fingerprint density at radius 2 is 2.44 bits per heavy atom. The molecule has 3 N–H and O–H groups in total. The number of aryl methyl sites for hydroxylation is 1. The number of aromatic nitrogens is 2. The maximum atomic E-state index is 5.57. The van der Waals surface area contributed by atoms with E-state index in [9.17, 15) is 0 Å². The Hall–Kier alpha value is -1.20. The molecule has 0 radical (unpaired) electrons. The van der Waals surface area contributed by atoms with Crippen LogP contribution in [0.4, 0.5) is 5.82 Å². The second-order valence-corrected chi connectivity index (χ2v) is 4.00. The molecule has 0 aromatic carbocycles. The fourth-order valence-corrected chi connectivity index (χ4v) is 1.91. The summed E-state index contributed by atoms with van der Waals surface area (Å²) in [5, 5.41) is 0. The van der Waals surface area contributed by atoms with Crippen LogP contribution in [0.2, 0.25) is 0 Å². The predicted octanol–water partition coefficient (Wildman–Crippen LogP) is 1.05. The molecular weight excluding hydrogens is 204 g/mol. The first-order valence-corrected chi connectivity index (χ1v) is 5.77. The molecule has 1 atom stereocenters. The van der Waals surface area contributed by atoms with E-state index < -0.39 is 0 Å². The van der Waals surface area contributed by atoms with Gasteiger partial charge in [0, 0.05) is 24.8 Å². The van der Waals surface area contributed by atoms with Crippen molar-refractivity contribution in [3.8, 4) is 0 Å². The van der Waals surface area contributed by atoms with Crippen molar-refractivity contribution < 1.29 is 4.74 Å². The average Bonchev–Trinajstić information content (AvgIpc) is 2.81. The number of anilines is 1. The van der Waals surface area contributed by atoms with E-state index >= 15 is 0 Å². The van der Waals surface area contributed by atoms with Gasteiger partial charge in [-0.15, -0.1) is 0 Å². The second kappa shape index (κ2) is 5.23. The van der Waals surface area contributed by atoms with Crippen molar-refractivity contribution in [3.05, 3.63) is 17.6 Å². The zero-order valence-electron chi connectivity index (χ0n) is 9.57. The van der Waals surface area contributed by atoms with Crippen LogP contribution in [-0.4, -0.2) is 22.7 Å². The minimum Gasteiger partial charge on any atom is -0.378 e. The van der Waals surface area contributed by atoms with Crippen LogP contribution < -0.4 is 11.3 Å². The summed E-state index contributed by atoms with van der Waals surface area (Å²) in [6.45, 7) is 2.93. The van der Waals surface area contributed by atoms with Gasteiger partial charge in [0.05, 0.1) is 6.10 Å². The third-order valence-corrected chi connectivity index (χ3v) is 2.77. The molecule has 1 aliphatic rings. The Kier molecular flexibility index (Phi) is 3.69. The monoisotopic (exact) mass is 222 g/mol. The quantitative estimate of drug-likeness (QED) is 0.588. The third kappa shape index (κ3) is 2.68. The molecule has 1 aliphatic heterocycles. The van der Waals surface area contributed by atoms with Gasteiger partial charge in [0.25, 0.3) is 0 Å². The molecule has 1 aromatic rings. The van der Waals surface area contributed by atoms with E-state index in [0.29, 0.717) is 5.82 Å². The first kappa shape index (κ1) is 11.3. The number of hydrazine groups is 1. The van der Waals surface area contributed by atoms with E-state index in [-0.39, 0.29) is 6.10 Å². The van der Waals surface area contributed by atoms with Gasteiger partial charge >= 0.3 is 0 Å². The molecule has 0 bridgehead atoms. The highest BCUT2D eigenvalue weighted by Crippen LogP contribution is 2.16. The number of nitrogens with two attached hydrogens (primary N) is 1. The number of rotatable bonds is 4. The van der Waals surface area contributed by atoms with Gasteiger partial charge in [-0.05, 0) is 19.3 Å². The Morgan fingerprint density at radius 3 is 3.06 bits per heavy atom. The van der Waals surface area contributed by atoms with Crippen molar-refractivity contribution in [2.45, 2.75) is 38.7 Å². The van der Waals surface area contributed by atoms with Crippen LogP contribution in [0.15, 0.2) is 6.07 Å². The number of hydrogen-bond acceptors (Lipinski definition) is 5. The van der Waals surface area contributed by atoms with Gasteiger partial charge in [0.1, 0.15) is 11.6 Å². The second-order valence-electron chi connectivity index (χ2n) is 4.00. The van der Waals surface area contributed by atoms with E-state index in [1.165, 1.54) is 0 Å². The molecule has 1 saturated heterocycles. The highest BCUT2D eigenvalue weighted by atomic mass is 16.5. The SMILES string of the molecule is CCc1cc(NN)nc(CC2CCCO2)n1. The number of nitrogens with one attached hydrogen (secondary N) is 1. The number of hydrogen-bond donors (Lipinski definition) is 2. The van der Waals surface area contributed by atoms with Gasteiger partial charge in [-0.2, -0.15) is 0 Å². The molecule has 88 valence electrons. The summed E-state index contributed by atoms with van der Waals surface area (Å²) in [5.74, 6) is 6.88. The lowest BCUT2D eigenvalue weighted by Gasteiger charge is -2.10. The molecule has 5 heteroatoms. The van der Waals surface area contributed by atoms with Gasteiger partial charge in [-0.3, -0.25) is 0 Å². The Balaban J connectivity index is 2.12. The summed E-state index contributed by atoms with van der Waals surface area (Å²) in [5.41, 5.74) is 3.59. The van der Waals surface area contributed by atoms with E-state index in [4.69, 9.17) is 10.6 Å². The van der Waals surface area contributed by atoms with Crippen LogP contribution in [0.3, 0.4) is 0 Å². The maximum absolute atomic E-state index is 5.57. The molecule has 0 amide bonds. The zero-order valence-corrected chi connectivity index (χ0v) is 9.57. The molecule has 1 fully saturated rings. The minimum absolute atomic E-state index is 0.276. The standard InChI is InChI=1S/C11H18N4O/c1-2-8-6-11(15-12)14-10(13-8)7-9-4-3-5-16-9/h6,9H,2-5,7,12H2,1H3,(H,13,14,15). The topological polar surface area (TPSA) is 73.1 Å². The first-order chi connectivity index (χ1) is 7.81. The summed E-state index contributed by atoms with van der Waals surface area (Å²) in [6.07, 6.45) is 4.18. The van der Waals surface area contributed by atoms with Crippen LogP contribution in [0.25, 0.3) is 0 Å². The largest absolute Gasteiger partial charge is 0.378 e. The molecule has 2 rings (SSSR count). The van der Waals surface area contributed by atoms with Crippen molar-refractivity contribution in [3.63, 3.8) is 0 Å². The highest BCUT2D eigenvalue weighted by molar-refractivity contribution is 5.34. The molecule has 0 aliphatic carbocycles. The minimum atomic E-state index is 0.276. The molecule has 16 heavy (non-hydrogen) atoms. The van der Waals surface area contributed by atoms with Gasteiger partial charge in [-0.1, -0.05) is 6.92 Å². The van der Waals surface area contributed by atoms with Crippen molar-refractivity contribution >= 4 is 5.82 Å². The smallest absolute Gasteiger partial charge is 0.143 e. The lowest BCUT2D eigenvalue weighted by Crippen LogP contribution is -2.15. The van der Waals surface area contributed by atoms with Crippen LogP contribution in [0, 0.1) is 0 Å². The van der Waals surface area contributed by atoms with Crippen molar-refractivity contribution in [1.29, 1.82) is 0 Å². The van der Waals surface area contributed by atoms with Gasteiger partial charge < -0.3 is 10.2 Å². The van der Waals surface area contributed by atoms with E-state index in [0.717, 1.165) is 43.8 Å². The molecule has 0 spiro atoms. The number of ether oxygens (including phenoxy) is 1. The molecular formula is C11H18N4O. The van der Waals surface area contributed by atoms with Crippen LogP contribution >= 0.6 is 0 Å². The maximum Gasteiger partial charge on any atom is 0.143 e. The summed E-state index contributed by atoms with van der Waals surface area (Å²) < 4.78 is 5.57. The first-order valence-electron chi connectivity index (χ1n) is 5.77. The van der Waals surface area contributed by atoms with Crippen molar-refractivity contribution in [1.82, 2.24) is 9.97 Å². The molecule has 2 heterocycles. The van der Waals surface area contributed by atoms with E-state index in [1.807, 2.05) is 6.07 Å². The van der Waals surface area contributed by atoms with Gasteiger partial charge in [0.15, 0.2) is 0 Å². The Morgan fingerprint density at radius 1 is 1.56 bits per heavy atom. The summed E-state index contributed by atoms with van der Waals surface area (Å²) in [6, 6.07) is 1.87. The third-order valence-electron chi connectivity index (χ3n) is 2.77.